The summed E-state index contributed by atoms with van der Waals surface area (Å²) in [4.78, 5) is 0. The van der Waals surface area contributed by atoms with E-state index in [0.717, 1.165) is 17.9 Å². The number of benzene rings is 1. The van der Waals surface area contributed by atoms with Gasteiger partial charge in [0.1, 0.15) is 0 Å². The van der Waals surface area contributed by atoms with Gasteiger partial charge in [-0.05, 0) is 38.0 Å². The van der Waals surface area contributed by atoms with E-state index in [4.69, 9.17) is 23.2 Å². The molecule has 1 fully saturated rings. The molecule has 3 rings (SSSR count). The lowest BCUT2D eigenvalue weighted by Crippen LogP contribution is -2.15. The lowest BCUT2D eigenvalue weighted by atomic mass is 10.2. The molecule has 1 aromatic carbocycles. The van der Waals surface area contributed by atoms with Gasteiger partial charge in [0.2, 0.25) is 0 Å². The van der Waals surface area contributed by atoms with E-state index in [9.17, 15) is 0 Å². The maximum atomic E-state index is 6.05. The summed E-state index contributed by atoms with van der Waals surface area (Å²) in [7, 11) is 0. The number of nitrogens with zero attached hydrogens (tertiary/aromatic N) is 2. The third-order valence-corrected chi connectivity index (χ3v) is 4.16. The van der Waals surface area contributed by atoms with Gasteiger partial charge in [0.25, 0.3) is 0 Å². The number of hydrogen-bond donors (Lipinski definition) is 1. The predicted molar refractivity (Wildman–Crippen MR) is 78.2 cm³/mol. The Bertz CT molecular complexity index is 603. The predicted octanol–water partition coefficient (Wildman–Crippen LogP) is 3.74. The molecule has 2 aromatic rings. The summed E-state index contributed by atoms with van der Waals surface area (Å²) in [5, 5.41) is 9.04. The van der Waals surface area contributed by atoms with E-state index in [2.05, 4.69) is 17.3 Å². The summed E-state index contributed by atoms with van der Waals surface area (Å²) >= 11 is 12.0. The van der Waals surface area contributed by atoms with E-state index in [0.29, 0.717) is 16.1 Å². The number of hydrogen-bond acceptors (Lipinski definition) is 2. The second kappa shape index (κ2) is 5.16. The van der Waals surface area contributed by atoms with Gasteiger partial charge in [0.05, 0.1) is 21.9 Å². The van der Waals surface area contributed by atoms with Crippen LogP contribution in [0.25, 0.3) is 5.69 Å². The molecule has 1 N–H and O–H groups in total. The number of halogens is 2. The van der Waals surface area contributed by atoms with Crippen LogP contribution in [0.1, 0.15) is 24.1 Å². The third-order valence-electron chi connectivity index (χ3n) is 3.42. The maximum absolute atomic E-state index is 6.05. The van der Waals surface area contributed by atoms with Crippen molar-refractivity contribution < 1.29 is 0 Å². The van der Waals surface area contributed by atoms with Gasteiger partial charge in [-0.2, -0.15) is 5.10 Å². The van der Waals surface area contributed by atoms with Crippen molar-refractivity contribution in [2.45, 2.75) is 32.4 Å². The Hall–Kier alpha value is -1.03. The second-order valence-electron chi connectivity index (χ2n) is 4.92. The largest absolute Gasteiger partial charge is 0.310 e. The molecule has 0 aliphatic heterocycles. The summed E-state index contributed by atoms with van der Waals surface area (Å²) in [6, 6.07) is 6.25. The molecule has 1 aliphatic carbocycles. The van der Waals surface area contributed by atoms with Crippen molar-refractivity contribution in [2.75, 3.05) is 0 Å². The number of rotatable bonds is 4. The molecular formula is C14H15Cl2N3. The first-order valence-corrected chi connectivity index (χ1v) is 7.13. The Morgan fingerprint density at radius 2 is 2.11 bits per heavy atom. The molecule has 1 aromatic heterocycles. The van der Waals surface area contributed by atoms with Gasteiger partial charge >= 0.3 is 0 Å². The molecule has 0 atom stereocenters. The molecule has 1 aliphatic rings. The monoisotopic (exact) mass is 295 g/mol. The Balaban J connectivity index is 1.85. The first kappa shape index (κ1) is 13.0. The van der Waals surface area contributed by atoms with Gasteiger partial charge in [0, 0.05) is 23.8 Å². The zero-order valence-corrected chi connectivity index (χ0v) is 12.2. The zero-order chi connectivity index (χ0) is 13.4. The van der Waals surface area contributed by atoms with Crippen LogP contribution in [0, 0.1) is 6.92 Å². The van der Waals surface area contributed by atoms with Gasteiger partial charge in [0.15, 0.2) is 0 Å². The van der Waals surface area contributed by atoms with E-state index in [1.807, 2.05) is 23.0 Å². The van der Waals surface area contributed by atoms with Crippen molar-refractivity contribution >= 4 is 23.2 Å². The van der Waals surface area contributed by atoms with Crippen LogP contribution >= 0.6 is 23.2 Å². The molecule has 1 heterocycles. The smallest absolute Gasteiger partial charge is 0.0664 e. The highest BCUT2D eigenvalue weighted by Crippen LogP contribution is 2.25. The normalized spacial score (nSPS) is 14.9. The SMILES string of the molecule is Cc1c(CNC2CC2)cnn1-c1ccc(Cl)c(Cl)c1. The molecule has 0 radical (unpaired) electrons. The maximum Gasteiger partial charge on any atom is 0.0664 e. The van der Waals surface area contributed by atoms with Gasteiger partial charge in [-0.15, -0.1) is 0 Å². The van der Waals surface area contributed by atoms with Crippen LogP contribution in [0.3, 0.4) is 0 Å². The average Bonchev–Trinajstić information content (AvgIpc) is 3.15. The van der Waals surface area contributed by atoms with Crippen molar-refractivity contribution in [3.05, 3.63) is 45.7 Å². The van der Waals surface area contributed by atoms with Crippen LogP contribution in [0.5, 0.6) is 0 Å². The highest BCUT2D eigenvalue weighted by atomic mass is 35.5. The fraction of sp³-hybridized carbons (Fsp3) is 0.357. The molecule has 0 saturated heterocycles. The quantitative estimate of drug-likeness (QED) is 0.931. The van der Waals surface area contributed by atoms with Crippen molar-refractivity contribution in [2.24, 2.45) is 0 Å². The highest BCUT2D eigenvalue weighted by Gasteiger charge is 2.20. The van der Waals surface area contributed by atoms with Crippen molar-refractivity contribution in [3.63, 3.8) is 0 Å². The molecule has 0 unspecified atom stereocenters. The van der Waals surface area contributed by atoms with Crippen LogP contribution in [0.15, 0.2) is 24.4 Å². The van der Waals surface area contributed by atoms with E-state index in [1.165, 1.54) is 18.4 Å². The third kappa shape index (κ3) is 2.78. The molecule has 5 heteroatoms. The molecule has 3 nitrogen and oxygen atoms in total. The highest BCUT2D eigenvalue weighted by molar-refractivity contribution is 6.42. The van der Waals surface area contributed by atoms with Crippen LogP contribution < -0.4 is 5.32 Å². The summed E-state index contributed by atoms with van der Waals surface area (Å²) in [6.45, 7) is 2.94. The average molecular weight is 296 g/mol. The molecule has 19 heavy (non-hydrogen) atoms. The standard InChI is InChI=1S/C14H15Cl2N3/c1-9-10(7-17-11-2-3-11)8-18-19(9)12-4-5-13(15)14(16)6-12/h4-6,8,11,17H,2-3,7H2,1H3. The first-order valence-electron chi connectivity index (χ1n) is 6.37. The summed E-state index contributed by atoms with van der Waals surface area (Å²) < 4.78 is 1.89. The Morgan fingerprint density at radius 1 is 1.32 bits per heavy atom. The second-order valence-corrected chi connectivity index (χ2v) is 5.74. The number of aromatic nitrogens is 2. The van der Waals surface area contributed by atoms with E-state index in [-0.39, 0.29) is 0 Å². The fourth-order valence-corrected chi connectivity index (χ4v) is 2.33. The molecule has 0 bridgehead atoms. The minimum Gasteiger partial charge on any atom is -0.310 e. The van der Waals surface area contributed by atoms with Crippen LogP contribution in [-0.4, -0.2) is 15.8 Å². The fourth-order valence-electron chi connectivity index (χ4n) is 2.04. The van der Waals surface area contributed by atoms with E-state index < -0.39 is 0 Å². The van der Waals surface area contributed by atoms with Gasteiger partial charge < -0.3 is 5.32 Å². The molecular weight excluding hydrogens is 281 g/mol. The van der Waals surface area contributed by atoms with Crippen LogP contribution in [0.2, 0.25) is 10.0 Å². The van der Waals surface area contributed by atoms with Gasteiger partial charge in [-0.25, -0.2) is 4.68 Å². The van der Waals surface area contributed by atoms with Crippen molar-refractivity contribution in [3.8, 4) is 5.69 Å². The molecule has 0 amide bonds. The van der Waals surface area contributed by atoms with Crippen LogP contribution in [0.4, 0.5) is 0 Å². The summed E-state index contributed by atoms with van der Waals surface area (Å²) in [5.41, 5.74) is 3.29. The minimum atomic E-state index is 0.548. The summed E-state index contributed by atoms with van der Waals surface area (Å²) in [5.74, 6) is 0. The van der Waals surface area contributed by atoms with Gasteiger partial charge in [-0.3, -0.25) is 0 Å². The Kier molecular flexibility index (Phi) is 3.52. The van der Waals surface area contributed by atoms with E-state index >= 15 is 0 Å². The Labute approximate surface area is 122 Å². The van der Waals surface area contributed by atoms with Crippen molar-refractivity contribution in [1.82, 2.24) is 15.1 Å². The molecule has 0 spiro atoms. The van der Waals surface area contributed by atoms with Crippen molar-refractivity contribution in [1.29, 1.82) is 0 Å². The van der Waals surface area contributed by atoms with Crippen LogP contribution in [-0.2, 0) is 6.54 Å². The molecule has 100 valence electrons. The zero-order valence-electron chi connectivity index (χ0n) is 10.7. The van der Waals surface area contributed by atoms with E-state index in [1.54, 1.807) is 6.07 Å². The first-order chi connectivity index (χ1) is 9.15. The lowest BCUT2D eigenvalue weighted by molar-refractivity contribution is 0.684. The Morgan fingerprint density at radius 3 is 2.79 bits per heavy atom. The van der Waals surface area contributed by atoms with Gasteiger partial charge in [-0.1, -0.05) is 23.2 Å². The minimum absolute atomic E-state index is 0.548. The topological polar surface area (TPSA) is 29.9 Å². The lowest BCUT2D eigenvalue weighted by Gasteiger charge is -2.07. The number of nitrogens with one attached hydrogen (secondary N) is 1. The summed E-state index contributed by atoms with van der Waals surface area (Å²) in [6.07, 6.45) is 4.49. The molecule has 1 saturated carbocycles.